The minimum absolute atomic E-state index is 0.115. The summed E-state index contributed by atoms with van der Waals surface area (Å²) >= 11 is 3.28. The van der Waals surface area contributed by atoms with Crippen molar-refractivity contribution in [3.8, 4) is 11.3 Å². The van der Waals surface area contributed by atoms with E-state index in [0.29, 0.717) is 5.56 Å². The summed E-state index contributed by atoms with van der Waals surface area (Å²) in [4.78, 5) is 34.0. The van der Waals surface area contributed by atoms with Crippen molar-refractivity contribution in [1.29, 1.82) is 0 Å². The zero-order valence-electron chi connectivity index (χ0n) is 11.2. The van der Waals surface area contributed by atoms with Gasteiger partial charge in [0.1, 0.15) is 11.3 Å². The highest BCUT2D eigenvalue weighted by Gasteiger charge is 2.29. The van der Waals surface area contributed by atoms with Gasteiger partial charge in [-0.1, -0.05) is 28.1 Å². The van der Waals surface area contributed by atoms with E-state index in [4.69, 9.17) is 0 Å². The zero-order chi connectivity index (χ0) is 15.7. The van der Waals surface area contributed by atoms with Gasteiger partial charge in [0.2, 0.25) is 0 Å². The van der Waals surface area contributed by atoms with Crippen molar-refractivity contribution in [2.75, 3.05) is 0 Å². The van der Waals surface area contributed by atoms with Gasteiger partial charge in [0.25, 0.3) is 0 Å². The number of rotatable bonds is 3. The molecule has 7 nitrogen and oxygen atoms in total. The Labute approximate surface area is 127 Å². The van der Waals surface area contributed by atoms with Crippen LogP contribution in [0.2, 0.25) is 0 Å². The van der Waals surface area contributed by atoms with Crippen molar-refractivity contribution in [3.63, 3.8) is 0 Å². The molecular weight excluding hydrogens is 342 g/mol. The van der Waals surface area contributed by atoms with Crippen molar-refractivity contribution in [3.05, 3.63) is 54.8 Å². The normalized spacial score (nSPS) is 10.4. The Kier molecular flexibility index (Phi) is 3.99. The molecule has 0 aliphatic carbocycles. The number of hydrogen-bond donors (Lipinski definition) is 0. The number of carbonyl (C=O) groups is 1. The van der Waals surface area contributed by atoms with Gasteiger partial charge in [0.15, 0.2) is 5.78 Å². The Balaban J connectivity index is 2.89. The number of aryl methyl sites for hydroxylation is 1. The Hall–Kier alpha value is -2.35. The predicted molar refractivity (Wildman–Crippen MR) is 79.3 cm³/mol. The maximum absolute atomic E-state index is 11.9. The van der Waals surface area contributed by atoms with Gasteiger partial charge in [-0.3, -0.25) is 19.7 Å². The van der Waals surface area contributed by atoms with Crippen LogP contribution in [0.4, 0.5) is 5.69 Å². The molecule has 0 N–H and O–H groups in total. The second-order valence-electron chi connectivity index (χ2n) is 4.32. The number of halogens is 1. The van der Waals surface area contributed by atoms with Crippen LogP contribution in [-0.2, 0) is 7.05 Å². The van der Waals surface area contributed by atoms with Crippen LogP contribution in [0.25, 0.3) is 11.3 Å². The molecule has 0 unspecified atom stereocenters. The van der Waals surface area contributed by atoms with Gasteiger partial charge in [-0.2, -0.15) is 5.10 Å². The van der Waals surface area contributed by atoms with Gasteiger partial charge in [0, 0.05) is 17.1 Å². The summed E-state index contributed by atoms with van der Waals surface area (Å²) in [5.41, 5.74) is -1.31. The number of nitrogens with zero attached hydrogens (tertiary/aromatic N) is 3. The van der Waals surface area contributed by atoms with E-state index in [0.717, 1.165) is 9.15 Å². The van der Waals surface area contributed by atoms with Crippen molar-refractivity contribution in [2.24, 2.45) is 7.05 Å². The van der Waals surface area contributed by atoms with Crippen LogP contribution in [0.5, 0.6) is 0 Å². The monoisotopic (exact) mass is 351 g/mol. The molecule has 0 bridgehead atoms. The van der Waals surface area contributed by atoms with E-state index >= 15 is 0 Å². The lowest BCUT2D eigenvalue weighted by Crippen LogP contribution is -2.26. The SMILES string of the molecule is CC(=O)c1c(-c2ccc(Br)cc2)nn(C)c(=O)c1[N+](=O)[O-]. The Morgan fingerprint density at radius 2 is 1.90 bits per heavy atom. The van der Waals surface area contributed by atoms with Crippen molar-refractivity contribution in [1.82, 2.24) is 9.78 Å². The van der Waals surface area contributed by atoms with Gasteiger partial charge in [0.05, 0.1) is 4.92 Å². The molecule has 0 fully saturated rings. The molecule has 0 atom stereocenters. The topological polar surface area (TPSA) is 95.1 Å². The third-order valence-electron chi connectivity index (χ3n) is 2.87. The average Bonchev–Trinajstić information content (AvgIpc) is 2.41. The molecule has 1 heterocycles. The van der Waals surface area contributed by atoms with Gasteiger partial charge in [-0.15, -0.1) is 0 Å². The Bertz CT molecular complexity index is 796. The molecule has 1 aromatic heterocycles. The molecule has 0 aliphatic rings. The third-order valence-corrected chi connectivity index (χ3v) is 3.40. The quantitative estimate of drug-likeness (QED) is 0.480. The highest BCUT2D eigenvalue weighted by atomic mass is 79.9. The summed E-state index contributed by atoms with van der Waals surface area (Å²) in [6.07, 6.45) is 0. The van der Waals surface area contributed by atoms with Crippen molar-refractivity contribution >= 4 is 27.4 Å². The molecule has 21 heavy (non-hydrogen) atoms. The summed E-state index contributed by atoms with van der Waals surface area (Å²) in [5, 5.41) is 15.1. The first-order valence-corrected chi connectivity index (χ1v) is 6.64. The number of nitro groups is 1. The maximum Gasteiger partial charge on any atom is 0.348 e. The smallest absolute Gasteiger partial charge is 0.294 e. The van der Waals surface area contributed by atoms with Crippen LogP contribution in [0.3, 0.4) is 0 Å². The van der Waals surface area contributed by atoms with Crippen LogP contribution in [-0.4, -0.2) is 20.5 Å². The first kappa shape index (κ1) is 15.0. The highest BCUT2D eigenvalue weighted by Crippen LogP contribution is 2.27. The van der Waals surface area contributed by atoms with E-state index < -0.39 is 22.0 Å². The lowest BCUT2D eigenvalue weighted by molar-refractivity contribution is -0.386. The van der Waals surface area contributed by atoms with Gasteiger partial charge >= 0.3 is 11.2 Å². The number of ketones is 1. The van der Waals surface area contributed by atoms with E-state index in [1.54, 1.807) is 24.3 Å². The second-order valence-corrected chi connectivity index (χ2v) is 5.24. The molecule has 0 saturated carbocycles. The maximum atomic E-state index is 11.9. The second kappa shape index (κ2) is 5.57. The summed E-state index contributed by atoms with van der Waals surface area (Å²) in [5.74, 6) is -0.579. The molecule has 0 amide bonds. The molecule has 0 spiro atoms. The standard InChI is InChI=1S/C13H10BrN3O4/c1-7(18)10-11(8-3-5-9(14)6-4-8)15-16(2)13(19)12(10)17(20)21/h3-6H,1-2H3. The fourth-order valence-corrected chi connectivity index (χ4v) is 2.19. The number of aromatic nitrogens is 2. The average molecular weight is 352 g/mol. The van der Waals surface area contributed by atoms with E-state index in [1.165, 1.54) is 14.0 Å². The van der Waals surface area contributed by atoms with Crippen LogP contribution < -0.4 is 5.56 Å². The van der Waals surface area contributed by atoms with Crippen LogP contribution in [0.15, 0.2) is 33.5 Å². The van der Waals surface area contributed by atoms with E-state index in [-0.39, 0.29) is 11.3 Å². The summed E-state index contributed by atoms with van der Waals surface area (Å²) in [7, 11) is 1.31. The minimum Gasteiger partial charge on any atom is -0.294 e. The minimum atomic E-state index is -0.911. The molecule has 108 valence electrons. The molecule has 8 heteroatoms. The summed E-state index contributed by atoms with van der Waals surface area (Å²) < 4.78 is 1.68. The summed E-state index contributed by atoms with van der Waals surface area (Å²) in [6, 6.07) is 6.76. The van der Waals surface area contributed by atoms with Gasteiger partial charge in [-0.05, 0) is 19.1 Å². The summed E-state index contributed by atoms with van der Waals surface area (Å²) in [6.45, 7) is 1.17. The third kappa shape index (κ3) is 2.75. The molecule has 2 rings (SSSR count). The fourth-order valence-electron chi connectivity index (χ4n) is 1.93. The lowest BCUT2D eigenvalue weighted by atomic mass is 10.0. The molecular formula is C13H10BrN3O4. The predicted octanol–water partition coefficient (Wildman–Crippen LogP) is 2.32. The first-order valence-electron chi connectivity index (χ1n) is 5.85. The van der Waals surface area contributed by atoms with Gasteiger partial charge in [-0.25, -0.2) is 4.68 Å². The Morgan fingerprint density at radius 3 is 2.38 bits per heavy atom. The van der Waals surface area contributed by atoms with Crippen LogP contribution >= 0.6 is 15.9 Å². The molecule has 0 aliphatic heterocycles. The number of carbonyl (C=O) groups excluding carboxylic acids is 1. The molecule has 2 aromatic rings. The van der Waals surface area contributed by atoms with Crippen LogP contribution in [0, 0.1) is 10.1 Å². The van der Waals surface area contributed by atoms with E-state index in [2.05, 4.69) is 21.0 Å². The fraction of sp³-hybridized carbons (Fsp3) is 0.154. The van der Waals surface area contributed by atoms with Crippen LogP contribution in [0.1, 0.15) is 17.3 Å². The largest absolute Gasteiger partial charge is 0.348 e. The number of benzene rings is 1. The molecule has 0 radical (unpaired) electrons. The number of hydrogen-bond acceptors (Lipinski definition) is 5. The lowest BCUT2D eigenvalue weighted by Gasteiger charge is -2.08. The Morgan fingerprint density at radius 1 is 1.33 bits per heavy atom. The van der Waals surface area contributed by atoms with E-state index in [1.807, 2.05) is 0 Å². The zero-order valence-corrected chi connectivity index (χ0v) is 12.7. The molecule has 0 saturated heterocycles. The van der Waals surface area contributed by atoms with Gasteiger partial charge < -0.3 is 0 Å². The highest BCUT2D eigenvalue weighted by molar-refractivity contribution is 9.10. The number of Topliss-reactive ketones (excluding diaryl/α,β-unsaturated/α-hetero) is 1. The molecule has 1 aromatic carbocycles. The van der Waals surface area contributed by atoms with Crippen molar-refractivity contribution < 1.29 is 9.72 Å². The van der Waals surface area contributed by atoms with Crippen molar-refractivity contribution in [2.45, 2.75) is 6.92 Å². The first-order chi connectivity index (χ1) is 9.82. The van der Waals surface area contributed by atoms with E-state index in [9.17, 15) is 19.7 Å².